The number of nitrogens with zero attached hydrogens (tertiary/aromatic N) is 1. The number of carbonyl (C=O) groups excluding carboxylic acids is 1. The molecule has 0 saturated carbocycles. The standard InChI is InChI=1S/C9H12N2O2/c1-2-3-4-13-9(12)8-5-10-7-11-6-8/h1,7-8H,3-6H2,(H,10,11). The van der Waals surface area contributed by atoms with Crippen molar-refractivity contribution in [1.82, 2.24) is 5.32 Å². The van der Waals surface area contributed by atoms with E-state index in [2.05, 4.69) is 16.2 Å². The highest BCUT2D eigenvalue weighted by Crippen LogP contribution is 2.02. The summed E-state index contributed by atoms with van der Waals surface area (Å²) < 4.78 is 4.93. The Hall–Kier alpha value is -1.50. The second-order valence-corrected chi connectivity index (χ2v) is 2.72. The molecule has 0 aromatic carbocycles. The van der Waals surface area contributed by atoms with E-state index in [1.54, 1.807) is 6.34 Å². The molecule has 0 amide bonds. The molecule has 1 heterocycles. The third-order valence-corrected chi connectivity index (χ3v) is 1.70. The van der Waals surface area contributed by atoms with Crippen LogP contribution in [0.2, 0.25) is 0 Å². The molecule has 0 aliphatic carbocycles. The third-order valence-electron chi connectivity index (χ3n) is 1.70. The maximum atomic E-state index is 11.3. The van der Waals surface area contributed by atoms with Gasteiger partial charge in [0.1, 0.15) is 6.61 Å². The van der Waals surface area contributed by atoms with Gasteiger partial charge in [0.2, 0.25) is 0 Å². The van der Waals surface area contributed by atoms with Crippen molar-refractivity contribution in [2.24, 2.45) is 10.9 Å². The summed E-state index contributed by atoms with van der Waals surface area (Å²) in [5, 5.41) is 2.87. The van der Waals surface area contributed by atoms with E-state index in [-0.39, 0.29) is 11.9 Å². The van der Waals surface area contributed by atoms with E-state index in [1.165, 1.54) is 0 Å². The molecule has 1 aliphatic rings. The lowest BCUT2D eigenvalue weighted by molar-refractivity contribution is -0.147. The van der Waals surface area contributed by atoms with E-state index in [1.807, 2.05) is 0 Å². The SMILES string of the molecule is C#CCCOC(=O)C1CN=CNC1. The first-order valence-electron chi connectivity index (χ1n) is 4.16. The molecular formula is C9H12N2O2. The largest absolute Gasteiger partial charge is 0.464 e. The number of hydrogen-bond acceptors (Lipinski definition) is 4. The fourth-order valence-electron chi connectivity index (χ4n) is 0.990. The maximum absolute atomic E-state index is 11.3. The summed E-state index contributed by atoms with van der Waals surface area (Å²) >= 11 is 0. The number of hydrogen-bond donors (Lipinski definition) is 1. The molecule has 0 bridgehead atoms. The topological polar surface area (TPSA) is 50.7 Å². The lowest BCUT2D eigenvalue weighted by atomic mass is 10.1. The lowest BCUT2D eigenvalue weighted by Crippen LogP contribution is -2.35. The summed E-state index contributed by atoms with van der Waals surface area (Å²) in [6.45, 7) is 1.40. The highest BCUT2D eigenvalue weighted by Gasteiger charge is 2.20. The predicted octanol–water partition coefficient (Wildman–Crippen LogP) is -0.199. The van der Waals surface area contributed by atoms with Gasteiger partial charge in [0.15, 0.2) is 0 Å². The zero-order valence-electron chi connectivity index (χ0n) is 7.32. The average molecular weight is 180 g/mol. The summed E-state index contributed by atoms with van der Waals surface area (Å²) in [7, 11) is 0. The van der Waals surface area contributed by atoms with Gasteiger partial charge in [-0.2, -0.15) is 0 Å². The van der Waals surface area contributed by atoms with Crippen molar-refractivity contribution in [2.75, 3.05) is 19.7 Å². The Morgan fingerprint density at radius 2 is 2.69 bits per heavy atom. The van der Waals surface area contributed by atoms with Crippen molar-refractivity contribution in [2.45, 2.75) is 6.42 Å². The monoisotopic (exact) mass is 180 g/mol. The van der Waals surface area contributed by atoms with E-state index in [9.17, 15) is 4.79 Å². The van der Waals surface area contributed by atoms with Crippen molar-refractivity contribution < 1.29 is 9.53 Å². The van der Waals surface area contributed by atoms with Crippen LogP contribution in [-0.4, -0.2) is 32.0 Å². The van der Waals surface area contributed by atoms with Crippen LogP contribution in [0.4, 0.5) is 0 Å². The molecule has 1 N–H and O–H groups in total. The lowest BCUT2D eigenvalue weighted by Gasteiger charge is -2.16. The Balaban J connectivity index is 2.23. The zero-order chi connectivity index (χ0) is 9.52. The molecule has 4 nitrogen and oxygen atoms in total. The van der Waals surface area contributed by atoms with Crippen molar-refractivity contribution in [1.29, 1.82) is 0 Å². The van der Waals surface area contributed by atoms with Gasteiger partial charge in [-0.05, 0) is 0 Å². The molecule has 1 unspecified atom stereocenters. The van der Waals surface area contributed by atoms with Gasteiger partial charge in [0.05, 0.1) is 18.8 Å². The Kier molecular flexibility index (Phi) is 3.83. The fourth-order valence-corrected chi connectivity index (χ4v) is 0.990. The molecule has 0 radical (unpaired) electrons. The van der Waals surface area contributed by atoms with Crippen LogP contribution in [0.3, 0.4) is 0 Å². The summed E-state index contributed by atoms with van der Waals surface area (Å²) in [4.78, 5) is 15.2. The van der Waals surface area contributed by atoms with Gasteiger partial charge in [-0.3, -0.25) is 9.79 Å². The van der Waals surface area contributed by atoms with Crippen molar-refractivity contribution in [3.8, 4) is 12.3 Å². The maximum Gasteiger partial charge on any atom is 0.312 e. The predicted molar refractivity (Wildman–Crippen MR) is 49.3 cm³/mol. The first-order valence-corrected chi connectivity index (χ1v) is 4.16. The summed E-state index contributed by atoms with van der Waals surface area (Å²) in [6.07, 6.45) is 7.09. The molecule has 70 valence electrons. The quantitative estimate of drug-likeness (QED) is 0.372. The number of nitrogens with one attached hydrogen (secondary N) is 1. The Morgan fingerprint density at radius 3 is 3.31 bits per heavy atom. The Labute approximate surface area is 77.4 Å². The number of aliphatic imine (C=N–C) groups is 1. The van der Waals surface area contributed by atoms with Gasteiger partial charge < -0.3 is 10.1 Å². The molecule has 1 rings (SSSR count). The van der Waals surface area contributed by atoms with Crippen molar-refractivity contribution in [3.05, 3.63) is 0 Å². The normalized spacial score (nSPS) is 20.1. The highest BCUT2D eigenvalue weighted by atomic mass is 16.5. The van der Waals surface area contributed by atoms with E-state index in [0.717, 1.165) is 0 Å². The number of carbonyl (C=O) groups is 1. The summed E-state index contributed by atoms with van der Waals surface area (Å²) in [5.74, 6) is 2.02. The molecule has 0 spiro atoms. The summed E-state index contributed by atoms with van der Waals surface area (Å²) in [6, 6.07) is 0. The molecule has 1 aliphatic heterocycles. The van der Waals surface area contributed by atoms with Crippen molar-refractivity contribution in [3.63, 3.8) is 0 Å². The molecule has 0 aromatic rings. The van der Waals surface area contributed by atoms with Crippen LogP contribution in [0.5, 0.6) is 0 Å². The first kappa shape index (κ1) is 9.59. The van der Waals surface area contributed by atoms with Gasteiger partial charge in [-0.15, -0.1) is 12.3 Å². The molecule has 4 heteroatoms. The molecular weight excluding hydrogens is 168 g/mol. The van der Waals surface area contributed by atoms with Gasteiger partial charge in [-0.25, -0.2) is 0 Å². The number of ether oxygens (including phenoxy) is 1. The molecule has 1 atom stereocenters. The van der Waals surface area contributed by atoms with Crippen molar-refractivity contribution >= 4 is 12.3 Å². The van der Waals surface area contributed by atoms with Gasteiger partial charge >= 0.3 is 5.97 Å². The summed E-state index contributed by atoms with van der Waals surface area (Å²) in [5.41, 5.74) is 0. The second-order valence-electron chi connectivity index (χ2n) is 2.72. The van der Waals surface area contributed by atoms with Crippen LogP contribution in [-0.2, 0) is 9.53 Å². The fraction of sp³-hybridized carbons (Fsp3) is 0.556. The molecule has 0 fully saturated rings. The van der Waals surface area contributed by atoms with Gasteiger partial charge in [0, 0.05) is 13.0 Å². The Morgan fingerprint density at radius 1 is 1.85 bits per heavy atom. The Bertz CT molecular complexity index is 242. The minimum atomic E-state index is -0.223. The van der Waals surface area contributed by atoms with E-state index < -0.39 is 0 Å². The van der Waals surface area contributed by atoms with Crippen LogP contribution in [0.1, 0.15) is 6.42 Å². The average Bonchev–Trinajstić information content (AvgIpc) is 2.19. The molecule has 0 aromatic heterocycles. The van der Waals surface area contributed by atoms with E-state index in [0.29, 0.717) is 26.1 Å². The van der Waals surface area contributed by atoms with E-state index in [4.69, 9.17) is 11.2 Å². The minimum Gasteiger partial charge on any atom is -0.464 e. The van der Waals surface area contributed by atoms with Crippen LogP contribution in [0.15, 0.2) is 4.99 Å². The third kappa shape index (κ3) is 3.16. The van der Waals surface area contributed by atoms with E-state index >= 15 is 0 Å². The highest BCUT2D eigenvalue weighted by molar-refractivity contribution is 5.74. The van der Waals surface area contributed by atoms with Crippen LogP contribution in [0.25, 0.3) is 0 Å². The second kappa shape index (κ2) is 5.20. The molecule has 13 heavy (non-hydrogen) atoms. The smallest absolute Gasteiger partial charge is 0.312 e. The number of terminal acetylenes is 1. The van der Waals surface area contributed by atoms with Crippen LogP contribution < -0.4 is 5.32 Å². The van der Waals surface area contributed by atoms with Crippen LogP contribution >= 0.6 is 0 Å². The molecule has 0 saturated heterocycles. The first-order chi connectivity index (χ1) is 6.34. The van der Waals surface area contributed by atoms with Gasteiger partial charge in [-0.1, -0.05) is 0 Å². The zero-order valence-corrected chi connectivity index (χ0v) is 7.32. The number of esters is 1. The van der Waals surface area contributed by atoms with Crippen LogP contribution in [0, 0.1) is 18.3 Å². The van der Waals surface area contributed by atoms with Gasteiger partial charge in [0.25, 0.3) is 0 Å². The number of rotatable bonds is 3. The minimum absolute atomic E-state index is 0.164.